The number of sulfone groups is 1. The molecule has 2 heterocycles. The molecule has 1 aliphatic heterocycles. The van der Waals surface area contributed by atoms with Crippen LogP contribution in [0.15, 0.2) is 23.4 Å². The molecule has 0 bridgehead atoms. The average Bonchev–Trinajstić information content (AvgIpc) is 2.76. The van der Waals surface area contributed by atoms with Crippen LogP contribution >= 0.6 is 0 Å². The summed E-state index contributed by atoms with van der Waals surface area (Å²) in [5, 5.41) is 2.18. The number of aromatic nitrogens is 1. The lowest BCUT2D eigenvalue weighted by molar-refractivity contribution is 0.568. The fraction of sp³-hybridized carbons (Fsp3) is 0.583. The number of nitrogens with zero attached hydrogens (tertiary/aromatic N) is 1. The van der Waals surface area contributed by atoms with Gasteiger partial charge in [-0.15, -0.1) is 0 Å². The highest BCUT2D eigenvalue weighted by atomic mass is 32.2. The van der Waals surface area contributed by atoms with Gasteiger partial charge in [0.2, 0.25) is 0 Å². The molecule has 1 aromatic heterocycles. The average molecular weight is 333 g/mol. The van der Waals surface area contributed by atoms with Crippen LogP contribution in [0.1, 0.15) is 19.8 Å². The molecule has 21 heavy (non-hydrogen) atoms. The Balaban J connectivity index is 2.16. The number of hydrogen-bond donors (Lipinski definition) is 2. The molecule has 0 spiro atoms. The standard InChI is InChI=1S/C12H19N3O4S2/c1-2-13-11-6-3-7-14-12(11)21(18,19)15-9-10-5-4-8-20(10,16)17/h3,6-7,10,13,15H,2,4-5,8-9H2,1H3. The van der Waals surface area contributed by atoms with Crippen LogP contribution in [0.4, 0.5) is 5.69 Å². The van der Waals surface area contributed by atoms with Crippen LogP contribution in [-0.2, 0) is 19.9 Å². The largest absolute Gasteiger partial charge is 0.383 e. The van der Waals surface area contributed by atoms with Crippen LogP contribution in [0, 0.1) is 0 Å². The van der Waals surface area contributed by atoms with Gasteiger partial charge < -0.3 is 5.32 Å². The lowest BCUT2D eigenvalue weighted by Gasteiger charge is -2.13. The Bertz CT molecular complexity index is 701. The van der Waals surface area contributed by atoms with Crippen LogP contribution in [0.2, 0.25) is 0 Å². The molecule has 0 radical (unpaired) electrons. The lowest BCUT2D eigenvalue weighted by atomic mass is 10.2. The van der Waals surface area contributed by atoms with Gasteiger partial charge in [-0.1, -0.05) is 0 Å². The molecule has 7 nitrogen and oxygen atoms in total. The quantitative estimate of drug-likeness (QED) is 0.779. The number of anilines is 1. The van der Waals surface area contributed by atoms with Crippen molar-refractivity contribution in [1.82, 2.24) is 9.71 Å². The molecule has 1 aromatic rings. The monoisotopic (exact) mass is 333 g/mol. The van der Waals surface area contributed by atoms with E-state index in [0.29, 0.717) is 25.1 Å². The van der Waals surface area contributed by atoms with Crippen molar-refractivity contribution in [2.45, 2.75) is 30.0 Å². The maximum atomic E-state index is 12.3. The Hall–Kier alpha value is -1.19. The zero-order chi connectivity index (χ0) is 15.5. The SMILES string of the molecule is CCNc1cccnc1S(=O)(=O)NCC1CCCS1(=O)=O. The molecule has 0 amide bonds. The van der Waals surface area contributed by atoms with Crippen molar-refractivity contribution in [3.63, 3.8) is 0 Å². The van der Waals surface area contributed by atoms with Gasteiger partial charge in [-0.25, -0.2) is 26.5 Å². The Morgan fingerprint density at radius 2 is 2.19 bits per heavy atom. The predicted molar refractivity (Wildman–Crippen MR) is 80.4 cm³/mol. The maximum Gasteiger partial charge on any atom is 0.260 e. The molecule has 1 atom stereocenters. The summed E-state index contributed by atoms with van der Waals surface area (Å²) in [6, 6.07) is 3.26. The molecule has 1 saturated heterocycles. The van der Waals surface area contributed by atoms with Gasteiger partial charge in [0, 0.05) is 19.3 Å². The zero-order valence-electron chi connectivity index (χ0n) is 11.7. The van der Waals surface area contributed by atoms with Gasteiger partial charge >= 0.3 is 0 Å². The number of hydrogen-bond acceptors (Lipinski definition) is 6. The van der Waals surface area contributed by atoms with E-state index in [1.54, 1.807) is 12.1 Å². The molecule has 118 valence electrons. The highest BCUT2D eigenvalue weighted by molar-refractivity contribution is 7.92. The van der Waals surface area contributed by atoms with Gasteiger partial charge in [0.1, 0.15) is 0 Å². The molecule has 1 unspecified atom stereocenters. The second-order valence-electron chi connectivity index (χ2n) is 4.87. The van der Waals surface area contributed by atoms with Crippen LogP contribution < -0.4 is 10.0 Å². The number of pyridine rings is 1. The van der Waals surface area contributed by atoms with Crippen molar-refractivity contribution >= 4 is 25.5 Å². The first-order chi connectivity index (χ1) is 9.87. The maximum absolute atomic E-state index is 12.3. The van der Waals surface area contributed by atoms with E-state index in [0.717, 1.165) is 0 Å². The second kappa shape index (κ2) is 6.29. The van der Waals surface area contributed by atoms with Gasteiger partial charge in [0.15, 0.2) is 14.9 Å². The summed E-state index contributed by atoms with van der Waals surface area (Å²) in [7, 11) is -7.01. The van der Waals surface area contributed by atoms with E-state index in [1.165, 1.54) is 6.20 Å². The molecule has 2 rings (SSSR count). The third-order valence-electron chi connectivity index (χ3n) is 3.36. The second-order valence-corrected chi connectivity index (χ2v) is 8.95. The fourth-order valence-corrected chi connectivity index (χ4v) is 5.35. The third-order valence-corrected chi connectivity index (χ3v) is 7.01. The van der Waals surface area contributed by atoms with Crippen molar-refractivity contribution in [2.75, 3.05) is 24.2 Å². The van der Waals surface area contributed by atoms with E-state index in [2.05, 4.69) is 15.0 Å². The van der Waals surface area contributed by atoms with E-state index in [9.17, 15) is 16.8 Å². The molecule has 1 aliphatic rings. The molecular weight excluding hydrogens is 314 g/mol. The number of sulfonamides is 1. The first-order valence-electron chi connectivity index (χ1n) is 6.77. The summed E-state index contributed by atoms with van der Waals surface area (Å²) in [6.07, 6.45) is 2.47. The first kappa shape index (κ1) is 16.2. The van der Waals surface area contributed by atoms with E-state index < -0.39 is 25.1 Å². The van der Waals surface area contributed by atoms with Crippen LogP contribution in [0.25, 0.3) is 0 Å². The van der Waals surface area contributed by atoms with E-state index in [1.807, 2.05) is 6.92 Å². The van der Waals surface area contributed by atoms with Crippen LogP contribution in [0.5, 0.6) is 0 Å². The van der Waals surface area contributed by atoms with E-state index in [4.69, 9.17) is 0 Å². The van der Waals surface area contributed by atoms with E-state index >= 15 is 0 Å². The summed E-state index contributed by atoms with van der Waals surface area (Å²) >= 11 is 0. The predicted octanol–water partition coefficient (Wildman–Crippen LogP) is 0.369. The summed E-state index contributed by atoms with van der Waals surface area (Å²) in [6.45, 7) is 2.31. The van der Waals surface area contributed by atoms with Crippen LogP contribution in [-0.4, -0.2) is 45.9 Å². The Labute approximate surface area is 125 Å². The van der Waals surface area contributed by atoms with Gasteiger partial charge in [-0.3, -0.25) is 0 Å². The fourth-order valence-electron chi connectivity index (χ4n) is 2.29. The highest BCUT2D eigenvalue weighted by Crippen LogP contribution is 2.21. The van der Waals surface area contributed by atoms with Crippen molar-refractivity contribution in [2.24, 2.45) is 0 Å². The minimum atomic E-state index is -3.84. The van der Waals surface area contributed by atoms with Crippen molar-refractivity contribution in [3.8, 4) is 0 Å². The molecule has 2 N–H and O–H groups in total. The van der Waals surface area contributed by atoms with Gasteiger partial charge in [0.25, 0.3) is 10.0 Å². The Kier molecular flexibility index (Phi) is 4.84. The minimum absolute atomic E-state index is 0.104. The molecule has 0 aromatic carbocycles. The molecular formula is C12H19N3O4S2. The van der Waals surface area contributed by atoms with Crippen molar-refractivity contribution in [3.05, 3.63) is 18.3 Å². The summed E-state index contributed by atoms with van der Waals surface area (Å²) in [5.74, 6) is 0.131. The van der Waals surface area contributed by atoms with Gasteiger partial charge in [0.05, 0.1) is 16.7 Å². The Morgan fingerprint density at radius 1 is 1.43 bits per heavy atom. The number of rotatable bonds is 6. The van der Waals surface area contributed by atoms with Crippen molar-refractivity contribution in [1.29, 1.82) is 0 Å². The van der Waals surface area contributed by atoms with Gasteiger partial charge in [-0.2, -0.15) is 0 Å². The molecule has 0 saturated carbocycles. The summed E-state index contributed by atoms with van der Waals surface area (Å²) < 4.78 is 50.4. The van der Waals surface area contributed by atoms with Gasteiger partial charge in [-0.05, 0) is 31.9 Å². The number of nitrogens with one attached hydrogen (secondary N) is 2. The third kappa shape index (κ3) is 3.72. The summed E-state index contributed by atoms with van der Waals surface area (Å²) in [4.78, 5) is 3.89. The molecule has 9 heteroatoms. The van der Waals surface area contributed by atoms with E-state index in [-0.39, 0.29) is 17.3 Å². The topological polar surface area (TPSA) is 105 Å². The van der Waals surface area contributed by atoms with Crippen LogP contribution in [0.3, 0.4) is 0 Å². The molecule has 1 fully saturated rings. The summed E-state index contributed by atoms with van der Waals surface area (Å²) in [5.41, 5.74) is 0.404. The zero-order valence-corrected chi connectivity index (χ0v) is 13.4. The minimum Gasteiger partial charge on any atom is -0.383 e. The van der Waals surface area contributed by atoms with Crippen molar-refractivity contribution < 1.29 is 16.8 Å². The first-order valence-corrected chi connectivity index (χ1v) is 9.97. The normalized spacial score (nSPS) is 21.3. The molecule has 0 aliphatic carbocycles. The lowest BCUT2D eigenvalue weighted by Crippen LogP contribution is -2.35. The highest BCUT2D eigenvalue weighted by Gasteiger charge is 2.32. The Morgan fingerprint density at radius 3 is 2.81 bits per heavy atom. The smallest absolute Gasteiger partial charge is 0.260 e.